The van der Waals surface area contributed by atoms with Gasteiger partial charge in [0.1, 0.15) is 5.60 Å². The van der Waals surface area contributed by atoms with Gasteiger partial charge in [0.15, 0.2) is 0 Å². The maximum absolute atomic E-state index is 12.1. The van der Waals surface area contributed by atoms with E-state index in [0.717, 1.165) is 11.4 Å². The summed E-state index contributed by atoms with van der Waals surface area (Å²) in [5.41, 5.74) is 1.39. The van der Waals surface area contributed by atoms with E-state index < -0.39 is 5.60 Å². The van der Waals surface area contributed by atoms with Crippen LogP contribution in [0.1, 0.15) is 31.6 Å². The molecule has 0 saturated carbocycles. The lowest BCUT2D eigenvalue weighted by Crippen LogP contribution is -2.31. The Morgan fingerprint density at radius 3 is 2.88 bits per heavy atom. The second-order valence-electron chi connectivity index (χ2n) is 5.31. The van der Waals surface area contributed by atoms with Gasteiger partial charge >= 0.3 is 5.97 Å². The third-order valence-electron chi connectivity index (χ3n) is 2.74. The number of nitrogens with zero attached hydrogens (tertiary/aromatic N) is 1. The van der Waals surface area contributed by atoms with Gasteiger partial charge in [0.2, 0.25) is 0 Å². The summed E-state index contributed by atoms with van der Waals surface area (Å²) >= 11 is 1.60. The fraction of sp³-hybridized carbons (Fsp3) is 0.667. The highest BCUT2D eigenvalue weighted by molar-refractivity contribution is 7.09. The van der Waals surface area contributed by atoms with E-state index in [9.17, 15) is 4.79 Å². The second kappa shape index (κ2) is 4.74. The van der Waals surface area contributed by atoms with Crippen LogP contribution in [-0.2, 0) is 9.53 Å². The van der Waals surface area contributed by atoms with Gasteiger partial charge in [-0.2, -0.15) is 0 Å². The Balaban J connectivity index is 2.07. The Morgan fingerprint density at radius 1 is 1.53 bits per heavy atom. The van der Waals surface area contributed by atoms with Gasteiger partial charge in [-0.3, -0.25) is 9.78 Å². The van der Waals surface area contributed by atoms with Gasteiger partial charge in [0.25, 0.3) is 0 Å². The molecule has 1 aliphatic rings. The fourth-order valence-corrected chi connectivity index (χ4v) is 2.80. The predicted molar refractivity (Wildman–Crippen MR) is 67.1 cm³/mol. The number of carbonyl (C=O) groups excluding carboxylic acids is 1. The lowest BCUT2D eigenvalue weighted by Gasteiger charge is -2.24. The van der Waals surface area contributed by atoms with Crippen LogP contribution in [0.25, 0.3) is 0 Å². The number of rotatable bonds is 2. The predicted octanol–water partition coefficient (Wildman–Crippen LogP) is 1.79. The zero-order valence-electron chi connectivity index (χ0n) is 10.4. The highest BCUT2D eigenvalue weighted by atomic mass is 32.1. The van der Waals surface area contributed by atoms with E-state index in [4.69, 9.17) is 4.74 Å². The highest BCUT2D eigenvalue weighted by Gasteiger charge is 2.37. The number of nitrogens with one attached hydrogen (secondary N) is 1. The lowest BCUT2D eigenvalue weighted by molar-refractivity contribution is -0.159. The maximum Gasteiger partial charge on any atom is 0.311 e. The lowest BCUT2D eigenvalue weighted by atomic mass is 9.95. The van der Waals surface area contributed by atoms with Crippen molar-refractivity contribution in [1.29, 1.82) is 0 Å². The number of esters is 1. The monoisotopic (exact) mass is 254 g/mol. The summed E-state index contributed by atoms with van der Waals surface area (Å²) in [5, 5.41) is 3.26. The number of ether oxygens (including phenoxy) is 1. The first-order chi connectivity index (χ1) is 7.97. The zero-order valence-corrected chi connectivity index (χ0v) is 11.2. The molecule has 5 heteroatoms. The van der Waals surface area contributed by atoms with Crippen LogP contribution >= 0.6 is 11.3 Å². The normalized spacial score (nSPS) is 24.9. The van der Waals surface area contributed by atoms with Crippen molar-refractivity contribution in [2.75, 3.05) is 13.1 Å². The van der Waals surface area contributed by atoms with Crippen LogP contribution in [0.15, 0.2) is 11.7 Å². The van der Waals surface area contributed by atoms with Gasteiger partial charge in [0.05, 0.1) is 11.4 Å². The van der Waals surface area contributed by atoms with Gasteiger partial charge < -0.3 is 10.1 Å². The Morgan fingerprint density at radius 2 is 2.29 bits per heavy atom. The summed E-state index contributed by atoms with van der Waals surface area (Å²) in [4.78, 5) is 17.3. The van der Waals surface area contributed by atoms with Crippen molar-refractivity contribution in [2.45, 2.75) is 32.3 Å². The summed E-state index contributed by atoms with van der Waals surface area (Å²) < 4.78 is 5.46. The highest BCUT2D eigenvalue weighted by Crippen LogP contribution is 2.32. The molecule has 0 aromatic carbocycles. The van der Waals surface area contributed by atoms with E-state index >= 15 is 0 Å². The Kier molecular flexibility index (Phi) is 3.49. The van der Waals surface area contributed by atoms with Crippen molar-refractivity contribution >= 4 is 17.3 Å². The quantitative estimate of drug-likeness (QED) is 0.818. The average Bonchev–Trinajstić information content (AvgIpc) is 2.85. The van der Waals surface area contributed by atoms with Crippen LogP contribution in [0.2, 0.25) is 0 Å². The molecule has 0 spiro atoms. The molecule has 17 heavy (non-hydrogen) atoms. The van der Waals surface area contributed by atoms with Crippen LogP contribution in [0, 0.1) is 5.92 Å². The van der Waals surface area contributed by atoms with Gasteiger partial charge in [-0.1, -0.05) is 0 Å². The van der Waals surface area contributed by atoms with Crippen LogP contribution in [0.5, 0.6) is 0 Å². The molecular formula is C12H18N2O2S. The van der Waals surface area contributed by atoms with Crippen LogP contribution < -0.4 is 5.32 Å². The minimum Gasteiger partial charge on any atom is -0.460 e. The van der Waals surface area contributed by atoms with Crippen molar-refractivity contribution in [3.05, 3.63) is 16.6 Å². The molecule has 2 atom stereocenters. The molecular weight excluding hydrogens is 236 g/mol. The van der Waals surface area contributed by atoms with Crippen molar-refractivity contribution in [3.8, 4) is 0 Å². The molecule has 2 rings (SSSR count). The summed E-state index contributed by atoms with van der Waals surface area (Å²) in [5.74, 6) is 0.00734. The summed E-state index contributed by atoms with van der Waals surface area (Å²) in [7, 11) is 0. The van der Waals surface area contributed by atoms with Crippen molar-refractivity contribution in [1.82, 2.24) is 10.3 Å². The maximum atomic E-state index is 12.1. The first-order valence-corrected chi connectivity index (χ1v) is 6.67. The molecule has 1 aliphatic heterocycles. The number of aromatic nitrogens is 1. The molecule has 1 fully saturated rings. The molecule has 0 amide bonds. The Bertz CT molecular complexity index is 384. The molecule has 0 bridgehead atoms. The Labute approximate surface area is 105 Å². The molecule has 1 saturated heterocycles. The minimum atomic E-state index is -0.419. The van der Waals surface area contributed by atoms with Gasteiger partial charge in [-0.15, -0.1) is 11.3 Å². The smallest absolute Gasteiger partial charge is 0.311 e. The van der Waals surface area contributed by atoms with E-state index in [1.807, 2.05) is 27.0 Å². The third kappa shape index (κ3) is 3.04. The topological polar surface area (TPSA) is 51.2 Å². The first kappa shape index (κ1) is 12.5. The number of thiazole rings is 1. The van der Waals surface area contributed by atoms with Gasteiger partial charge in [0, 0.05) is 30.1 Å². The minimum absolute atomic E-state index is 0.0883. The number of carbonyl (C=O) groups is 1. The molecule has 1 aromatic rings. The van der Waals surface area contributed by atoms with E-state index in [-0.39, 0.29) is 17.8 Å². The van der Waals surface area contributed by atoms with Crippen molar-refractivity contribution in [3.63, 3.8) is 0 Å². The summed E-state index contributed by atoms with van der Waals surface area (Å²) in [6, 6.07) is 0. The average molecular weight is 254 g/mol. The fourth-order valence-electron chi connectivity index (χ4n) is 2.01. The molecule has 4 nitrogen and oxygen atoms in total. The number of hydrogen-bond acceptors (Lipinski definition) is 5. The van der Waals surface area contributed by atoms with Crippen LogP contribution in [0.4, 0.5) is 0 Å². The third-order valence-corrected chi connectivity index (χ3v) is 3.65. The van der Waals surface area contributed by atoms with Crippen molar-refractivity contribution < 1.29 is 9.53 Å². The molecule has 94 valence electrons. The molecule has 0 radical (unpaired) electrons. The SMILES string of the molecule is CC(C)(C)OC(=O)C1CNCC1c1cncs1. The van der Waals surface area contributed by atoms with Gasteiger partial charge in [-0.05, 0) is 20.8 Å². The standard InChI is InChI=1S/C12H18N2O2S/c1-12(2,3)16-11(15)9-5-13-4-8(9)10-6-14-7-17-10/h6-9,13H,4-5H2,1-3H3. The zero-order chi connectivity index (χ0) is 12.5. The van der Waals surface area contributed by atoms with Crippen LogP contribution in [0.3, 0.4) is 0 Å². The first-order valence-electron chi connectivity index (χ1n) is 5.79. The van der Waals surface area contributed by atoms with Gasteiger partial charge in [-0.25, -0.2) is 0 Å². The Hall–Kier alpha value is -0.940. The summed E-state index contributed by atoms with van der Waals surface area (Å²) in [6.45, 7) is 7.21. The van der Waals surface area contributed by atoms with E-state index in [0.29, 0.717) is 6.54 Å². The largest absolute Gasteiger partial charge is 0.460 e. The molecule has 1 N–H and O–H groups in total. The molecule has 2 heterocycles. The summed E-state index contributed by atoms with van der Waals surface area (Å²) in [6.07, 6.45) is 1.85. The van der Waals surface area contributed by atoms with E-state index in [2.05, 4.69) is 10.3 Å². The van der Waals surface area contributed by atoms with Crippen molar-refractivity contribution in [2.24, 2.45) is 5.92 Å². The van der Waals surface area contributed by atoms with E-state index in [1.165, 1.54) is 0 Å². The molecule has 1 aromatic heterocycles. The molecule has 2 unspecified atom stereocenters. The number of hydrogen-bond donors (Lipinski definition) is 1. The second-order valence-corrected chi connectivity index (χ2v) is 6.23. The van der Waals surface area contributed by atoms with E-state index in [1.54, 1.807) is 16.8 Å². The molecule has 0 aliphatic carbocycles. The van der Waals surface area contributed by atoms with Crippen LogP contribution in [-0.4, -0.2) is 29.6 Å².